The first-order valence-electron chi connectivity index (χ1n) is 9.60. The van der Waals surface area contributed by atoms with Gasteiger partial charge in [0, 0.05) is 17.7 Å². The van der Waals surface area contributed by atoms with Crippen LogP contribution < -0.4 is 5.32 Å². The first kappa shape index (κ1) is 21.0. The lowest BCUT2D eigenvalue weighted by molar-refractivity contribution is -0.145. The van der Waals surface area contributed by atoms with Crippen LogP contribution in [0, 0.1) is 11.7 Å². The Morgan fingerprint density at radius 1 is 1.38 bits per heavy atom. The minimum Gasteiger partial charge on any atom is -0.468 e. The molecule has 1 aliphatic rings. The Bertz CT molecular complexity index is 882. The van der Waals surface area contributed by atoms with Gasteiger partial charge in [-0.25, -0.2) is 4.39 Å². The quantitative estimate of drug-likeness (QED) is 0.747. The molecule has 0 unspecified atom stereocenters. The van der Waals surface area contributed by atoms with Crippen molar-refractivity contribution in [3.8, 4) is 0 Å². The van der Waals surface area contributed by atoms with E-state index in [9.17, 15) is 14.0 Å². The van der Waals surface area contributed by atoms with Gasteiger partial charge in [0.2, 0.25) is 5.91 Å². The summed E-state index contributed by atoms with van der Waals surface area (Å²) in [5.41, 5.74) is 1.19. The molecule has 156 valence electrons. The van der Waals surface area contributed by atoms with Crippen LogP contribution in [0.2, 0.25) is 0 Å². The van der Waals surface area contributed by atoms with Crippen LogP contribution in [0.3, 0.4) is 0 Å². The summed E-state index contributed by atoms with van der Waals surface area (Å²) >= 11 is 0. The smallest absolute Gasteiger partial charge is 0.323 e. The highest BCUT2D eigenvalue weighted by Crippen LogP contribution is 2.41. The van der Waals surface area contributed by atoms with Gasteiger partial charge in [0.15, 0.2) is 5.76 Å². The van der Waals surface area contributed by atoms with E-state index in [1.54, 1.807) is 36.2 Å². The van der Waals surface area contributed by atoms with Crippen LogP contribution in [0.5, 0.6) is 0 Å². The molecule has 0 radical (unpaired) electrons. The zero-order valence-corrected chi connectivity index (χ0v) is 17.0. The van der Waals surface area contributed by atoms with Crippen molar-refractivity contribution in [3.05, 3.63) is 53.2 Å². The molecule has 2 heterocycles. The molecule has 1 N–H and O–H groups in total. The molecule has 1 amide bonds. The summed E-state index contributed by atoms with van der Waals surface area (Å²) in [5, 5.41) is 6.81. The van der Waals surface area contributed by atoms with Gasteiger partial charge in [-0.15, -0.1) is 0 Å². The number of rotatable bonds is 6. The Balaban J connectivity index is 1.80. The van der Waals surface area contributed by atoms with Gasteiger partial charge in [-0.05, 0) is 25.5 Å². The lowest BCUT2D eigenvalue weighted by atomic mass is 9.92. The van der Waals surface area contributed by atoms with Crippen LogP contribution in [-0.4, -0.2) is 42.1 Å². The molecule has 0 bridgehead atoms. The van der Waals surface area contributed by atoms with Crippen LogP contribution >= 0.6 is 0 Å². The molecule has 3 atom stereocenters. The maximum Gasteiger partial charge on any atom is 0.323 e. The lowest BCUT2D eigenvalue weighted by Gasteiger charge is -2.27. The molecule has 1 aromatic heterocycles. The molecule has 0 aliphatic carbocycles. The molecule has 1 aromatic carbocycles. The Morgan fingerprint density at radius 2 is 2.10 bits per heavy atom. The number of carbonyl (C=O) groups is 2. The van der Waals surface area contributed by atoms with E-state index in [2.05, 4.69) is 10.5 Å². The number of aromatic nitrogens is 1. The highest BCUT2D eigenvalue weighted by Gasteiger charge is 2.47. The second-order valence-corrected chi connectivity index (χ2v) is 7.60. The fourth-order valence-corrected chi connectivity index (χ4v) is 3.80. The third-order valence-electron chi connectivity index (χ3n) is 5.43. The van der Waals surface area contributed by atoms with Crippen LogP contribution in [0.15, 0.2) is 34.9 Å². The SMILES string of the molecule is COC(=O)[C@@H]1C[C@H](C(=O)NCc2cc(C(C)C)no2)[C@H](c2ccccc2F)N1C. The second kappa shape index (κ2) is 8.73. The van der Waals surface area contributed by atoms with Crippen molar-refractivity contribution in [2.24, 2.45) is 5.92 Å². The third-order valence-corrected chi connectivity index (χ3v) is 5.43. The Labute approximate surface area is 169 Å². The zero-order valence-electron chi connectivity index (χ0n) is 17.0. The predicted octanol–water partition coefficient (Wildman–Crippen LogP) is 2.79. The molecule has 3 rings (SSSR count). The minimum absolute atomic E-state index is 0.172. The first-order valence-corrected chi connectivity index (χ1v) is 9.60. The van der Waals surface area contributed by atoms with Crippen molar-refractivity contribution in [1.82, 2.24) is 15.4 Å². The number of methoxy groups -OCH3 is 1. The van der Waals surface area contributed by atoms with E-state index in [0.717, 1.165) is 5.69 Å². The Hall–Kier alpha value is -2.74. The van der Waals surface area contributed by atoms with Crippen LogP contribution in [0.4, 0.5) is 4.39 Å². The number of likely N-dealkylation sites (tertiary alicyclic amines) is 1. The minimum atomic E-state index is -0.627. The largest absolute Gasteiger partial charge is 0.468 e. The van der Waals surface area contributed by atoms with Gasteiger partial charge < -0.3 is 14.6 Å². The van der Waals surface area contributed by atoms with Crippen molar-refractivity contribution in [3.63, 3.8) is 0 Å². The summed E-state index contributed by atoms with van der Waals surface area (Å²) < 4.78 is 24.6. The number of likely N-dealkylation sites (N-methyl/N-ethyl adjacent to an activating group) is 1. The van der Waals surface area contributed by atoms with Crippen molar-refractivity contribution in [2.75, 3.05) is 14.2 Å². The van der Waals surface area contributed by atoms with Crippen LogP contribution in [-0.2, 0) is 20.9 Å². The Kier molecular flexibility index (Phi) is 6.32. The summed E-state index contributed by atoms with van der Waals surface area (Å²) in [6.07, 6.45) is 0.238. The number of halogens is 1. The number of hydrogen-bond donors (Lipinski definition) is 1. The number of hydrogen-bond acceptors (Lipinski definition) is 6. The molecule has 1 aliphatic heterocycles. The average Bonchev–Trinajstić information content (AvgIpc) is 3.31. The molecule has 1 fully saturated rings. The summed E-state index contributed by atoms with van der Waals surface area (Å²) in [4.78, 5) is 26.9. The number of ether oxygens (including phenoxy) is 1. The van der Waals surface area contributed by atoms with E-state index >= 15 is 0 Å². The van der Waals surface area contributed by atoms with Crippen molar-refractivity contribution in [2.45, 2.75) is 44.8 Å². The zero-order chi connectivity index (χ0) is 21.1. The van der Waals surface area contributed by atoms with E-state index in [-0.39, 0.29) is 24.8 Å². The topological polar surface area (TPSA) is 84.7 Å². The molecule has 29 heavy (non-hydrogen) atoms. The average molecular weight is 403 g/mol. The molecule has 8 heteroatoms. The molecule has 2 aromatic rings. The molecular formula is C21H26FN3O4. The molecule has 7 nitrogen and oxygen atoms in total. The number of nitrogens with one attached hydrogen (secondary N) is 1. The van der Waals surface area contributed by atoms with Crippen molar-refractivity contribution >= 4 is 11.9 Å². The summed E-state index contributed by atoms with van der Waals surface area (Å²) in [6.45, 7) is 4.17. The fourth-order valence-electron chi connectivity index (χ4n) is 3.80. The van der Waals surface area contributed by atoms with Gasteiger partial charge in [-0.3, -0.25) is 14.5 Å². The summed E-state index contributed by atoms with van der Waals surface area (Å²) in [5.74, 6) is -0.990. The van der Waals surface area contributed by atoms with Crippen LogP contribution in [0.25, 0.3) is 0 Å². The molecule has 1 saturated heterocycles. The van der Waals surface area contributed by atoms with Crippen LogP contribution in [0.1, 0.15) is 49.2 Å². The summed E-state index contributed by atoms with van der Waals surface area (Å²) in [6, 6.07) is 6.90. The first-order chi connectivity index (χ1) is 13.8. The van der Waals surface area contributed by atoms with Gasteiger partial charge in [0.05, 0.1) is 25.3 Å². The van der Waals surface area contributed by atoms with Gasteiger partial charge in [0.1, 0.15) is 11.9 Å². The number of nitrogens with zero attached hydrogens (tertiary/aromatic N) is 2. The van der Waals surface area contributed by atoms with Crippen molar-refractivity contribution in [1.29, 1.82) is 0 Å². The van der Waals surface area contributed by atoms with E-state index in [1.165, 1.54) is 13.2 Å². The maximum atomic E-state index is 14.5. The van der Waals surface area contributed by atoms with Crippen molar-refractivity contribution < 1.29 is 23.2 Å². The third kappa shape index (κ3) is 4.32. The normalized spacial score (nSPS) is 22.1. The Morgan fingerprint density at radius 3 is 2.72 bits per heavy atom. The summed E-state index contributed by atoms with van der Waals surface area (Å²) in [7, 11) is 3.01. The standard InChI is InChI=1S/C21H26FN3O4/c1-12(2)17-9-13(29-24-17)11-23-20(26)15-10-18(21(27)28-4)25(3)19(15)14-7-5-6-8-16(14)22/h5-9,12,15,18-19H,10-11H2,1-4H3,(H,23,26)/t15-,18-,19-/m0/s1. The van der Waals surface area contributed by atoms with Gasteiger partial charge in [-0.1, -0.05) is 37.2 Å². The van der Waals surface area contributed by atoms with E-state index in [1.807, 2.05) is 13.8 Å². The predicted molar refractivity (Wildman–Crippen MR) is 103 cm³/mol. The number of benzene rings is 1. The molecule has 0 spiro atoms. The van der Waals surface area contributed by atoms with Gasteiger partial charge >= 0.3 is 5.97 Å². The fraction of sp³-hybridized carbons (Fsp3) is 0.476. The van der Waals surface area contributed by atoms with E-state index < -0.39 is 29.8 Å². The van der Waals surface area contributed by atoms with E-state index in [4.69, 9.17) is 9.26 Å². The highest BCUT2D eigenvalue weighted by atomic mass is 19.1. The number of carbonyl (C=O) groups excluding carboxylic acids is 2. The second-order valence-electron chi connectivity index (χ2n) is 7.60. The number of esters is 1. The lowest BCUT2D eigenvalue weighted by Crippen LogP contribution is -2.36. The van der Waals surface area contributed by atoms with E-state index in [0.29, 0.717) is 11.3 Å². The maximum absolute atomic E-state index is 14.5. The van der Waals surface area contributed by atoms with Gasteiger partial charge in [0.25, 0.3) is 0 Å². The number of amides is 1. The highest BCUT2D eigenvalue weighted by molar-refractivity contribution is 5.83. The molecular weight excluding hydrogens is 377 g/mol. The monoisotopic (exact) mass is 403 g/mol. The molecule has 0 saturated carbocycles. The van der Waals surface area contributed by atoms with Gasteiger partial charge in [-0.2, -0.15) is 0 Å².